The Morgan fingerprint density at radius 3 is 2.44 bits per heavy atom. The molecule has 102 valence electrons. The van der Waals surface area contributed by atoms with Crippen LogP contribution in [-0.4, -0.2) is 23.6 Å². The van der Waals surface area contributed by atoms with Crippen molar-refractivity contribution < 1.29 is 4.79 Å². The molecule has 1 heterocycles. The van der Waals surface area contributed by atoms with Gasteiger partial charge in [0.25, 0.3) is 0 Å². The van der Waals surface area contributed by atoms with E-state index in [0.717, 1.165) is 13.0 Å². The molecule has 1 unspecified atom stereocenters. The zero-order valence-corrected chi connectivity index (χ0v) is 11.6. The van der Waals surface area contributed by atoms with Crippen molar-refractivity contribution >= 4 is 5.91 Å². The third kappa shape index (κ3) is 5.36. The van der Waals surface area contributed by atoms with Crippen LogP contribution < -0.4 is 11.1 Å². The summed E-state index contributed by atoms with van der Waals surface area (Å²) in [5.74, 6) is -0.0192. The molecule has 0 fully saturated rings. The second-order valence-corrected chi connectivity index (χ2v) is 5.91. The van der Waals surface area contributed by atoms with Gasteiger partial charge in [0.15, 0.2) is 0 Å². The minimum Gasteiger partial charge on any atom is -0.354 e. The summed E-state index contributed by atoms with van der Waals surface area (Å²) in [6.07, 6.45) is 4.79. The average Bonchev–Trinajstić information content (AvgIpc) is 2.77. The molecular weight excluding hydrogens is 226 g/mol. The molecule has 1 aromatic heterocycles. The number of carbonyl (C=O) groups is 1. The zero-order valence-electron chi connectivity index (χ0n) is 11.6. The van der Waals surface area contributed by atoms with E-state index in [4.69, 9.17) is 5.73 Å². The highest BCUT2D eigenvalue weighted by molar-refractivity contribution is 5.78. The maximum Gasteiger partial charge on any atom is 0.224 e. The molecule has 0 bridgehead atoms. The topological polar surface area (TPSA) is 60.1 Å². The van der Waals surface area contributed by atoms with E-state index in [9.17, 15) is 4.79 Å². The van der Waals surface area contributed by atoms with Gasteiger partial charge in [-0.15, -0.1) is 0 Å². The van der Waals surface area contributed by atoms with Crippen LogP contribution in [0.5, 0.6) is 0 Å². The monoisotopic (exact) mass is 251 g/mol. The summed E-state index contributed by atoms with van der Waals surface area (Å²) in [6.45, 7) is 8.24. The fourth-order valence-electron chi connectivity index (χ4n) is 1.99. The Morgan fingerprint density at radius 1 is 1.33 bits per heavy atom. The molecule has 18 heavy (non-hydrogen) atoms. The standard InChI is InChI=1S/C14H25N3O/c1-14(2,3)10-12(11-15)13(18)16-6-9-17-7-4-5-8-17/h4-5,7-8,12H,6,9-11,15H2,1-3H3,(H,16,18). The van der Waals surface area contributed by atoms with Gasteiger partial charge in [0, 0.05) is 32.0 Å². The molecule has 0 radical (unpaired) electrons. The lowest BCUT2D eigenvalue weighted by Gasteiger charge is -2.24. The molecule has 0 aliphatic heterocycles. The highest BCUT2D eigenvalue weighted by Gasteiger charge is 2.23. The summed E-state index contributed by atoms with van der Waals surface area (Å²) in [5, 5.41) is 2.95. The smallest absolute Gasteiger partial charge is 0.224 e. The SMILES string of the molecule is CC(C)(C)CC(CN)C(=O)NCCn1cccc1. The van der Waals surface area contributed by atoms with Gasteiger partial charge in [-0.05, 0) is 24.0 Å². The lowest BCUT2D eigenvalue weighted by Crippen LogP contribution is -2.38. The maximum atomic E-state index is 12.0. The molecule has 1 aromatic rings. The molecule has 0 saturated carbocycles. The number of nitrogens with one attached hydrogen (secondary N) is 1. The first kappa shape index (κ1) is 14.8. The van der Waals surface area contributed by atoms with E-state index >= 15 is 0 Å². The van der Waals surface area contributed by atoms with Crippen molar-refractivity contribution in [1.29, 1.82) is 0 Å². The number of nitrogens with two attached hydrogens (primary N) is 1. The van der Waals surface area contributed by atoms with Crippen molar-refractivity contribution in [3.63, 3.8) is 0 Å². The normalized spacial score (nSPS) is 13.3. The predicted molar refractivity (Wildman–Crippen MR) is 74.1 cm³/mol. The van der Waals surface area contributed by atoms with Crippen molar-refractivity contribution in [2.75, 3.05) is 13.1 Å². The number of hydrogen-bond donors (Lipinski definition) is 2. The number of hydrogen-bond acceptors (Lipinski definition) is 2. The van der Waals surface area contributed by atoms with E-state index in [1.807, 2.05) is 29.1 Å². The van der Waals surface area contributed by atoms with Crippen molar-refractivity contribution in [1.82, 2.24) is 9.88 Å². The third-order valence-electron chi connectivity index (χ3n) is 2.85. The minimum absolute atomic E-state index is 0.0691. The molecule has 4 heteroatoms. The van der Waals surface area contributed by atoms with Gasteiger partial charge in [0.2, 0.25) is 5.91 Å². The summed E-state index contributed by atoms with van der Waals surface area (Å²) in [6, 6.07) is 3.95. The number of nitrogens with zero attached hydrogens (tertiary/aromatic N) is 1. The van der Waals surface area contributed by atoms with Crippen LogP contribution in [0.3, 0.4) is 0 Å². The fourth-order valence-corrected chi connectivity index (χ4v) is 1.99. The molecule has 0 saturated heterocycles. The van der Waals surface area contributed by atoms with E-state index in [1.165, 1.54) is 0 Å². The number of rotatable bonds is 6. The van der Waals surface area contributed by atoms with E-state index < -0.39 is 0 Å². The minimum atomic E-state index is -0.0883. The third-order valence-corrected chi connectivity index (χ3v) is 2.85. The molecule has 0 aromatic carbocycles. The second-order valence-electron chi connectivity index (χ2n) is 5.91. The van der Waals surface area contributed by atoms with Crippen LogP contribution in [0.4, 0.5) is 0 Å². The molecule has 4 nitrogen and oxygen atoms in total. The molecule has 1 atom stereocenters. The van der Waals surface area contributed by atoms with Crippen LogP contribution in [0.25, 0.3) is 0 Å². The van der Waals surface area contributed by atoms with Crippen molar-refractivity contribution in [2.24, 2.45) is 17.1 Å². The van der Waals surface area contributed by atoms with Crippen molar-refractivity contribution in [3.8, 4) is 0 Å². The highest BCUT2D eigenvalue weighted by Crippen LogP contribution is 2.23. The zero-order chi connectivity index (χ0) is 13.6. The van der Waals surface area contributed by atoms with Crippen LogP contribution in [0.2, 0.25) is 0 Å². The van der Waals surface area contributed by atoms with E-state index in [-0.39, 0.29) is 17.2 Å². The fraction of sp³-hybridized carbons (Fsp3) is 0.643. The lowest BCUT2D eigenvalue weighted by atomic mass is 9.84. The van der Waals surface area contributed by atoms with Gasteiger partial charge in [-0.2, -0.15) is 0 Å². The van der Waals surface area contributed by atoms with E-state index in [0.29, 0.717) is 13.1 Å². The predicted octanol–water partition coefficient (Wildman–Crippen LogP) is 1.62. The van der Waals surface area contributed by atoms with Gasteiger partial charge in [0.1, 0.15) is 0 Å². The van der Waals surface area contributed by atoms with Gasteiger partial charge in [-0.3, -0.25) is 4.79 Å². The molecule has 1 amide bonds. The van der Waals surface area contributed by atoms with Crippen molar-refractivity contribution in [2.45, 2.75) is 33.7 Å². The van der Waals surface area contributed by atoms with E-state index in [2.05, 4.69) is 26.1 Å². The molecular formula is C14H25N3O. The molecule has 0 aliphatic rings. The van der Waals surface area contributed by atoms with Gasteiger partial charge in [-0.1, -0.05) is 20.8 Å². The molecule has 0 aliphatic carbocycles. The van der Waals surface area contributed by atoms with Gasteiger partial charge >= 0.3 is 0 Å². The first-order valence-electron chi connectivity index (χ1n) is 6.51. The average molecular weight is 251 g/mol. The number of amides is 1. The Balaban J connectivity index is 2.33. The van der Waals surface area contributed by atoms with Crippen molar-refractivity contribution in [3.05, 3.63) is 24.5 Å². The Hall–Kier alpha value is -1.29. The van der Waals surface area contributed by atoms with Crippen LogP contribution in [0.15, 0.2) is 24.5 Å². The highest BCUT2D eigenvalue weighted by atomic mass is 16.1. The van der Waals surface area contributed by atoms with Gasteiger partial charge < -0.3 is 15.6 Å². The van der Waals surface area contributed by atoms with Crippen LogP contribution in [0.1, 0.15) is 27.2 Å². The molecule has 1 rings (SSSR count). The summed E-state index contributed by atoms with van der Waals surface area (Å²) in [7, 11) is 0. The van der Waals surface area contributed by atoms with Gasteiger partial charge in [-0.25, -0.2) is 0 Å². The Labute approximate surface area is 110 Å². The first-order valence-corrected chi connectivity index (χ1v) is 6.51. The Kier molecular flexibility index (Phi) is 5.41. The summed E-state index contributed by atoms with van der Waals surface area (Å²) >= 11 is 0. The molecule has 3 N–H and O–H groups in total. The van der Waals surface area contributed by atoms with Crippen LogP contribution in [0, 0.1) is 11.3 Å². The maximum absolute atomic E-state index is 12.0. The molecule has 0 spiro atoms. The second kappa shape index (κ2) is 6.59. The first-order chi connectivity index (χ1) is 8.42. The Morgan fingerprint density at radius 2 is 1.94 bits per heavy atom. The number of carbonyl (C=O) groups excluding carboxylic acids is 1. The van der Waals surface area contributed by atoms with Crippen LogP contribution in [-0.2, 0) is 11.3 Å². The lowest BCUT2D eigenvalue weighted by molar-refractivity contribution is -0.125. The number of aromatic nitrogens is 1. The summed E-state index contributed by atoms with van der Waals surface area (Å²) in [4.78, 5) is 12.0. The quantitative estimate of drug-likeness (QED) is 0.807. The largest absolute Gasteiger partial charge is 0.354 e. The van der Waals surface area contributed by atoms with E-state index in [1.54, 1.807) is 0 Å². The van der Waals surface area contributed by atoms with Gasteiger partial charge in [0.05, 0.1) is 5.92 Å². The summed E-state index contributed by atoms with van der Waals surface area (Å²) < 4.78 is 2.04. The van der Waals surface area contributed by atoms with Crippen LogP contribution >= 0.6 is 0 Å². The Bertz CT molecular complexity index is 352. The summed E-state index contributed by atoms with van der Waals surface area (Å²) in [5.41, 5.74) is 5.81.